The van der Waals surface area contributed by atoms with Gasteiger partial charge in [-0.15, -0.1) is 0 Å². The number of halogens is 2. The molecule has 0 radical (unpaired) electrons. The first-order chi connectivity index (χ1) is 11.9. The molecule has 1 heterocycles. The molecule has 2 amide bonds. The normalized spacial score (nSPS) is 16.2. The van der Waals surface area contributed by atoms with Crippen LogP contribution in [-0.2, 0) is 9.53 Å². The second kappa shape index (κ2) is 9.15. The number of hydrogen-bond acceptors (Lipinski definition) is 4. The molecule has 2 rings (SSSR count). The van der Waals surface area contributed by atoms with Crippen molar-refractivity contribution < 1.29 is 19.1 Å². The lowest BCUT2D eigenvalue weighted by Crippen LogP contribution is -2.49. The van der Waals surface area contributed by atoms with Gasteiger partial charge >= 0.3 is 6.09 Å². The van der Waals surface area contributed by atoms with E-state index < -0.39 is 6.10 Å². The highest BCUT2D eigenvalue weighted by atomic mass is 35.5. The lowest BCUT2D eigenvalue weighted by atomic mass is 10.1. The van der Waals surface area contributed by atoms with Crippen LogP contribution in [0.1, 0.15) is 26.7 Å². The maximum atomic E-state index is 12.3. The number of hydrogen-bond donors (Lipinski definition) is 1. The Morgan fingerprint density at radius 3 is 2.60 bits per heavy atom. The van der Waals surface area contributed by atoms with Crippen LogP contribution in [0.4, 0.5) is 4.79 Å². The number of nitrogens with zero attached hydrogens (tertiary/aromatic N) is 1. The van der Waals surface area contributed by atoms with Crippen molar-refractivity contribution >= 4 is 35.2 Å². The maximum absolute atomic E-state index is 12.3. The number of carbonyl (C=O) groups excluding carboxylic acids is 2. The zero-order valence-electron chi connectivity index (χ0n) is 14.3. The van der Waals surface area contributed by atoms with E-state index in [-0.39, 0.29) is 18.0 Å². The standard InChI is InChI=1S/C17H22Cl2N2O4/c1-3-24-17(23)21-8-6-13(7-9-21)20-16(22)11(2)25-15-5-4-12(18)10-14(15)19/h4-5,10-11,13H,3,6-9H2,1-2H3,(H,20,22). The van der Waals surface area contributed by atoms with Crippen LogP contribution in [0.2, 0.25) is 10.0 Å². The fraction of sp³-hybridized carbons (Fsp3) is 0.529. The van der Waals surface area contributed by atoms with Crippen LogP contribution in [0.15, 0.2) is 18.2 Å². The van der Waals surface area contributed by atoms with Crippen LogP contribution in [-0.4, -0.2) is 48.7 Å². The number of amides is 2. The Morgan fingerprint density at radius 1 is 1.32 bits per heavy atom. The lowest BCUT2D eigenvalue weighted by Gasteiger charge is -2.32. The van der Waals surface area contributed by atoms with Gasteiger partial charge in [-0.25, -0.2) is 4.79 Å². The van der Waals surface area contributed by atoms with Crippen molar-refractivity contribution in [1.29, 1.82) is 0 Å². The lowest BCUT2D eigenvalue weighted by molar-refractivity contribution is -0.128. The summed E-state index contributed by atoms with van der Waals surface area (Å²) in [6.07, 6.45) is 0.362. The van der Waals surface area contributed by atoms with Gasteiger partial charge < -0.3 is 19.7 Å². The summed E-state index contributed by atoms with van der Waals surface area (Å²) >= 11 is 11.9. The van der Waals surface area contributed by atoms with Crippen molar-refractivity contribution in [3.8, 4) is 5.75 Å². The molecule has 0 spiro atoms. The molecule has 1 aromatic rings. The summed E-state index contributed by atoms with van der Waals surface area (Å²) in [7, 11) is 0. The highest BCUT2D eigenvalue weighted by Gasteiger charge is 2.26. The van der Waals surface area contributed by atoms with E-state index in [0.29, 0.717) is 48.3 Å². The van der Waals surface area contributed by atoms with E-state index in [1.165, 1.54) is 0 Å². The first-order valence-corrected chi connectivity index (χ1v) is 9.00. The molecule has 1 saturated heterocycles. The quantitative estimate of drug-likeness (QED) is 0.837. The predicted molar refractivity (Wildman–Crippen MR) is 96.3 cm³/mol. The first kappa shape index (κ1) is 19.7. The minimum Gasteiger partial charge on any atom is -0.479 e. The Balaban J connectivity index is 1.81. The second-order valence-corrected chi connectivity index (χ2v) is 6.65. The molecule has 1 atom stereocenters. The van der Waals surface area contributed by atoms with Gasteiger partial charge in [0.2, 0.25) is 0 Å². The number of rotatable bonds is 5. The molecule has 1 aliphatic rings. The Bertz CT molecular complexity index is 619. The van der Waals surface area contributed by atoms with Gasteiger partial charge in [0, 0.05) is 24.2 Å². The maximum Gasteiger partial charge on any atom is 0.409 e. The van der Waals surface area contributed by atoms with Gasteiger partial charge in [-0.05, 0) is 44.9 Å². The zero-order chi connectivity index (χ0) is 18.4. The van der Waals surface area contributed by atoms with Gasteiger partial charge in [-0.2, -0.15) is 0 Å². The summed E-state index contributed by atoms with van der Waals surface area (Å²) in [5.74, 6) is 0.187. The third-order valence-corrected chi connectivity index (χ3v) is 4.46. The number of carbonyl (C=O) groups is 2. The van der Waals surface area contributed by atoms with Crippen molar-refractivity contribution in [1.82, 2.24) is 10.2 Å². The molecular weight excluding hydrogens is 367 g/mol. The topological polar surface area (TPSA) is 67.9 Å². The van der Waals surface area contributed by atoms with E-state index in [2.05, 4.69) is 5.32 Å². The van der Waals surface area contributed by atoms with Crippen LogP contribution in [0.25, 0.3) is 0 Å². The van der Waals surface area contributed by atoms with E-state index in [1.807, 2.05) is 0 Å². The third kappa shape index (κ3) is 5.68. The Hall–Kier alpha value is -1.66. The molecule has 138 valence electrons. The number of ether oxygens (including phenoxy) is 2. The molecule has 1 aromatic carbocycles. The second-order valence-electron chi connectivity index (χ2n) is 5.80. The van der Waals surface area contributed by atoms with Gasteiger partial charge in [0.25, 0.3) is 5.91 Å². The fourth-order valence-corrected chi connectivity index (χ4v) is 3.01. The smallest absolute Gasteiger partial charge is 0.409 e. The van der Waals surface area contributed by atoms with Crippen molar-refractivity contribution in [2.75, 3.05) is 19.7 Å². The summed E-state index contributed by atoms with van der Waals surface area (Å²) in [5, 5.41) is 3.81. The van der Waals surface area contributed by atoms with E-state index in [4.69, 9.17) is 32.7 Å². The monoisotopic (exact) mass is 388 g/mol. The summed E-state index contributed by atoms with van der Waals surface area (Å²) in [5.41, 5.74) is 0. The summed E-state index contributed by atoms with van der Waals surface area (Å²) in [4.78, 5) is 25.6. The van der Waals surface area contributed by atoms with Crippen LogP contribution >= 0.6 is 23.2 Å². The van der Waals surface area contributed by atoms with Crippen LogP contribution in [0.5, 0.6) is 5.75 Å². The van der Waals surface area contributed by atoms with Crippen molar-refractivity contribution in [3.63, 3.8) is 0 Å². The minimum absolute atomic E-state index is 0.00455. The van der Waals surface area contributed by atoms with Gasteiger partial charge in [-0.3, -0.25) is 4.79 Å². The molecule has 0 aromatic heterocycles. The van der Waals surface area contributed by atoms with Crippen molar-refractivity contribution in [2.24, 2.45) is 0 Å². The largest absolute Gasteiger partial charge is 0.479 e. The summed E-state index contributed by atoms with van der Waals surface area (Å²) in [6, 6.07) is 4.85. The SMILES string of the molecule is CCOC(=O)N1CCC(NC(=O)C(C)Oc2ccc(Cl)cc2Cl)CC1. The molecule has 6 nitrogen and oxygen atoms in total. The van der Waals surface area contributed by atoms with Gasteiger partial charge in [-0.1, -0.05) is 23.2 Å². The molecule has 1 N–H and O–H groups in total. The number of piperidine rings is 1. The highest BCUT2D eigenvalue weighted by molar-refractivity contribution is 6.35. The molecule has 1 aliphatic heterocycles. The average Bonchev–Trinajstić information content (AvgIpc) is 2.58. The highest BCUT2D eigenvalue weighted by Crippen LogP contribution is 2.28. The van der Waals surface area contributed by atoms with Gasteiger partial charge in [0.1, 0.15) is 5.75 Å². The molecule has 0 bridgehead atoms. The van der Waals surface area contributed by atoms with Crippen molar-refractivity contribution in [3.05, 3.63) is 28.2 Å². The number of nitrogens with one attached hydrogen (secondary N) is 1. The summed E-state index contributed by atoms with van der Waals surface area (Å²) < 4.78 is 10.6. The molecule has 1 unspecified atom stereocenters. The van der Waals surface area contributed by atoms with Crippen molar-refractivity contribution in [2.45, 2.75) is 38.8 Å². The first-order valence-electron chi connectivity index (χ1n) is 8.24. The number of likely N-dealkylation sites (tertiary alicyclic amines) is 1. The molecule has 0 aliphatic carbocycles. The number of benzene rings is 1. The van der Waals surface area contributed by atoms with E-state index >= 15 is 0 Å². The van der Waals surface area contributed by atoms with Gasteiger partial charge in [0.15, 0.2) is 6.10 Å². The van der Waals surface area contributed by atoms with Crippen LogP contribution in [0, 0.1) is 0 Å². The van der Waals surface area contributed by atoms with E-state index in [1.54, 1.807) is 36.9 Å². The van der Waals surface area contributed by atoms with Crippen LogP contribution in [0.3, 0.4) is 0 Å². The molecule has 25 heavy (non-hydrogen) atoms. The van der Waals surface area contributed by atoms with Gasteiger partial charge in [0.05, 0.1) is 11.6 Å². The predicted octanol–water partition coefficient (Wildman–Crippen LogP) is 3.50. The average molecular weight is 389 g/mol. The Morgan fingerprint density at radius 2 is 2.00 bits per heavy atom. The minimum atomic E-state index is -0.693. The summed E-state index contributed by atoms with van der Waals surface area (Å²) in [6.45, 7) is 4.91. The molecule has 1 fully saturated rings. The Kier molecular flexibility index (Phi) is 7.20. The third-order valence-electron chi connectivity index (χ3n) is 3.93. The molecular formula is C17H22Cl2N2O4. The molecule has 0 saturated carbocycles. The van der Waals surface area contributed by atoms with E-state index in [9.17, 15) is 9.59 Å². The Labute approximate surface area is 157 Å². The zero-order valence-corrected chi connectivity index (χ0v) is 15.8. The fourth-order valence-electron chi connectivity index (χ4n) is 2.55. The van der Waals surface area contributed by atoms with Crippen LogP contribution < -0.4 is 10.1 Å². The molecule has 8 heteroatoms. The van der Waals surface area contributed by atoms with E-state index in [0.717, 1.165) is 0 Å².